The van der Waals surface area contributed by atoms with Gasteiger partial charge in [0.25, 0.3) is 0 Å². The molecule has 0 aromatic heterocycles. The fourth-order valence-electron chi connectivity index (χ4n) is 3.23. The second kappa shape index (κ2) is 5.34. The van der Waals surface area contributed by atoms with Crippen LogP contribution < -0.4 is 0 Å². The summed E-state index contributed by atoms with van der Waals surface area (Å²) >= 11 is 3.50. The molecule has 3 unspecified atom stereocenters. The molecule has 0 aliphatic heterocycles. The van der Waals surface area contributed by atoms with E-state index in [9.17, 15) is 5.11 Å². The van der Waals surface area contributed by atoms with E-state index >= 15 is 0 Å². The van der Waals surface area contributed by atoms with Crippen LogP contribution in [0.3, 0.4) is 0 Å². The van der Waals surface area contributed by atoms with Gasteiger partial charge in [0.2, 0.25) is 0 Å². The summed E-state index contributed by atoms with van der Waals surface area (Å²) in [5.41, 5.74) is 1.65. The first-order valence-corrected chi connectivity index (χ1v) is 7.98. The molecule has 0 saturated heterocycles. The first kappa shape index (κ1) is 13.8. The highest BCUT2D eigenvalue weighted by Gasteiger charge is 2.52. The maximum Gasteiger partial charge on any atom is 0.0928 e. The summed E-state index contributed by atoms with van der Waals surface area (Å²) in [5.74, 6) is 0.810. The molecule has 1 aliphatic rings. The van der Waals surface area contributed by atoms with Gasteiger partial charge in [0.1, 0.15) is 0 Å². The van der Waals surface area contributed by atoms with Crippen molar-refractivity contribution in [1.82, 2.24) is 0 Å². The Bertz CT molecular complexity index is 595. The third kappa shape index (κ3) is 2.43. The molecule has 1 aliphatic carbocycles. The summed E-state index contributed by atoms with van der Waals surface area (Å²) in [6.07, 6.45) is 1.82. The first-order valence-electron chi connectivity index (χ1n) is 7.18. The average molecular weight is 331 g/mol. The van der Waals surface area contributed by atoms with Gasteiger partial charge < -0.3 is 5.11 Å². The normalized spacial score (nSPS) is 24.1. The number of hydrogen-bond acceptors (Lipinski definition) is 1. The second-order valence-corrected chi connectivity index (χ2v) is 6.56. The molecule has 1 fully saturated rings. The zero-order valence-electron chi connectivity index (χ0n) is 11.6. The lowest BCUT2D eigenvalue weighted by atomic mass is 9.84. The summed E-state index contributed by atoms with van der Waals surface area (Å²) in [6, 6.07) is 18.6. The Balaban J connectivity index is 1.88. The molecular formula is C18H19BrO. The van der Waals surface area contributed by atoms with E-state index in [2.05, 4.69) is 47.1 Å². The second-order valence-electron chi connectivity index (χ2n) is 5.65. The Hall–Kier alpha value is -1.12. The van der Waals surface area contributed by atoms with Crippen LogP contribution >= 0.6 is 15.9 Å². The monoisotopic (exact) mass is 330 g/mol. The third-order valence-corrected chi connectivity index (χ3v) is 4.99. The van der Waals surface area contributed by atoms with Crippen molar-refractivity contribution in [3.63, 3.8) is 0 Å². The van der Waals surface area contributed by atoms with Crippen molar-refractivity contribution in [2.75, 3.05) is 0 Å². The van der Waals surface area contributed by atoms with Crippen LogP contribution in [0.1, 0.15) is 36.8 Å². The van der Waals surface area contributed by atoms with E-state index in [-0.39, 0.29) is 0 Å². The van der Waals surface area contributed by atoms with Crippen LogP contribution in [0.5, 0.6) is 0 Å². The van der Waals surface area contributed by atoms with Gasteiger partial charge in [-0.05, 0) is 47.9 Å². The van der Waals surface area contributed by atoms with Gasteiger partial charge in [-0.2, -0.15) is 0 Å². The van der Waals surface area contributed by atoms with Gasteiger partial charge in [-0.1, -0.05) is 65.3 Å². The molecular weight excluding hydrogens is 312 g/mol. The van der Waals surface area contributed by atoms with Crippen LogP contribution in [0.2, 0.25) is 0 Å². The molecule has 1 nitrogen and oxygen atoms in total. The molecule has 0 amide bonds. The third-order valence-electron chi connectivity index (χ3n) is 4.50. The molecule has 1 N–H and O–H groups in total. The standard InChI is InChI=1S/C18H19BrO/c1-2-18(20,14-9-6-10-15(19)11-14)17-12-16(17)13-7-4-3-5-8-13/h3-11,16-17,20H,2,12H2,1H3. The number of halogens is 1. The molecule has 0 heterocycles. The maximum atomic E-state index is 11.2. The van der Waals surface area contributed by atoms with E-state index in [1.54, 1.807) is 0 Å². The smallest absolute Gasteiger partial charge is 0.0928 e. The summed E-state index contributed by atoms with van der Waals surface area (Å²) in [5, 5.41) is 11.2. The Labute approximate surface area is 128 Å². The predicted molar refractivity (Wildman–Crippen MR) is 85.6 cm³/mol. The highest BCUT2D eigenvalue weighted by Crippen LogP contribution is 2.58. The predicted octanol–water partition coefficient (Wildman–Crippen LogP) is 4.85. The van der Waals surface area contributed by atoms with Crippen molar-refractivity contribution in [1.29, 1.82) is 0 Å². The first-order chi connectivity index (χ1) is 9.65. The molecule has 3 rings (SSSR count). The molecule has 0 spiro atoms. The summed E-state index contributed by atoms with van der Waals surface area (Å²) in [7, 11) is 0. The van der Waals surface area contributed by atoms with E-state index in [4.69, 9.17) is 0 Å². The van der Waals surface area contributed by atoms with Crippen LogP contribution in [-0.4, -0.2) is 5.11 Å². The van der Waals surface area contributed by atoms with E-state index in [1.165, 1.54) is 5.56 Å². The summed E-state index contributed by atoms with van der Waals surface area (Å²) in [6.45, 7) is 2.07. The van der Waals surface area contributed by atoms with Crippen LogP contribution in [0.15, 0.2) is 59.1 Å². The number of benzene rings is 2. The molecule has 1 saturated carbocycles. The van der Waals surface area contributed by atoms with Gasteiger partial charge >= 0.3 is 0 Å². The van der Waals surface area contributed by atoms with Gasteiger partial charge in [0.05, 0.1) is 5.60 Å². The highest BCUT2D eigenvalue weighted by molar-refractivity contribution is 9.10. The lowest BCUT2D eigenvalue weighted by molar-refractivity contribution is 0.00679. The molecule has 2 aromatic carbocycles. The molecule has 2 heteroatoms. The van der Waals surface area contributed by atoms with Crippen molar-refractivity contribution in [3.8, 4) is 0 Å². The van der Waals surface area contributed by atoms with Crippen molar-refractivity contribution >= 4 is 15.9 Å². The Morgan fingerprint density at radius 1 is 1.15 bits per heavy atom. The van der Waals surface area contributed by atoms with Gasteiger partial charge in [0, 0.05) is 4.47 Å². The molecule has 20 heavy (non-hydrogen) atoms. The van der Waals surface area contributed by atoms with Gasteiger partial charge in [-0.3, -0.25) is 0 Å². The van der Waals surface area contributed by atoms with E-state index in [1.807, 2.05) is 30.3 Å². The average Bonchev–Trinajstić information content (AvgIpc) is 3.28. The van der Waals surface area contributed by atoms with Gasteiger partial charge in [0.15, 0.2) is 0 Å². The highest BCUT2D eigenvalue weighted by atomic mass is 79.9. The number of rotatable bonds is 4. The SMILES string of the molecule is CCC(O)(c1cccc(Br)c1)C1CC1c1ccccc1. The van der Waals surface area contributed by atoms with Gasteiger partial charge in [-0.25, -0.2) is 0 Å². The fourth-order valence-corrected chi connectivity index (χ4v) is 3.63. The number of aliphatic hydroxyl groups is 1. The maximum absolute atomic E-state index is 11.2. The van der Waals surface area contributed by atoms with Crippen LogP contribution in [0, 0.1) is 5.92 Å². The molecule has 104 valence electrons. The van der Waals surface area contributed by atoms with Crippen molar-refractivity contribution in [2.24, 2.45) is 5.92 Å². The zero-order chi connectivity index (χ0) is 14.2. The lowest BCUT2D eigenvalue weighted by Crippen LogP contribution is -2.28. The summed E-state index contributed by atoms with van der Waals surface area (Å²) < 4.78 is 1.03. The summed E-state index contributed by atoms with van der Waals surface area (Å²) in [4.78, 5) is 0. The molecule has 2 aromatic rings. The molecule has 3 atom stereocenters. The Morgan fingerprint density at radius 3 is 2.55 bits per heavy atom. The minimum absolute atomic E-state index is 0.323. The van der Waals surface area contributed by atoms with E-state index < -0.39 is 5.60 Å². The largest absolute Gasteiger partial charge is 0.385 e. The van der Waals surface area contributed by atoms with Crippen molar-refractivity contribution in [2.45, 2.75) is 31.3 Å². The topological polar surface area (TPSA) is 20.2 Å². The quantitative estimate of drug-likeness (QED) is 0.849. The van der Waals surface area contributed by atoms with E-state index in [0.717, 1.165) is 22.9 Å². The van der Waals surface area contributed by atoms with Crippen molar-refractivity contribution in [3.05, 3.63) is 70.2 Å². The zero-order valence-corrected chi connectivity index (χ0v) is 13.2. The minimum atomic E-state index is -0.718. The van der Waals surface area contributed by atoms with Crippen LogP contribution in [0.25, 0.3) is 0 Å². The molecule has 0 bridgehead atoms. The number of hydrogen-bond donors (Lipinski definition) is 1. The van der Waals surface area contributed by atoms with Gasteiger partial charge in [-0.15, -0.1) is 0 Å². The Kier molecular flexibility index (Phi) is 3.70. The Morgan fingerprint density at radius 2 is 1.90 bits per heavy atom. The van der Waals surface area contributed by atoms with E-state index in [0.29, 0.717) is 11.8 Å². The van der Waals surface area contributed by atoms with Crippen LogP contribution in [-0.2, 0) is 5.60 Å². The van der Waals surface area contributed by atoms with Crippen LogP contribution in [0.4, 0.5) is 0 Å². The fraction of sp³-hybridized carbons (Fsp3) is 0.333. The lowest BCUT2D eigenvalue weighted by Gasteiger charge is -2.28. The minimum Gasteiger partial charge on any atom is -0.385 e. The molecule has 0 radical (unpaired) electrons. The van der Waals surface area contributed by atoms with Crippen molar-refractivity contribution < 1.29 is 5.11 Å².